The third-order valence-corrected chi connectivity index (χ3v) is 1.82. The van der Waals surface area contributed by atoms with Crippen LogP contribution in [0.5, 0.6) is 0 Å². The summed E-state index contributed by atoms with van der Waals surface area (Å²) in [4.78, 5) is 32.0. The molecule has 0 aliphatic carbocycles. The van der Waals surface area contributed by atoms with Crippen molar-refractivity contribution < 1.29 is 9.59 Å². The number of hydrogen-bond donors (Lipinski definition) is 0. The number of carbonyl (C=O) groups is 2. The Morgan fingerprint density at radius 1 is 1.31 bits per heavy atom. The first-order valence-electron chi connectivity index (χ1n) is 4.49. The van der Waals surface area contributed by atoms with Gasteiger partial charge in [0.1, 0.15) is 0 Å². The molecule has 0 aliphatic rings. The zero-order valence-corrected chi connectivity index (χ0v) is 8.08. The molecule has 1 unspecified atom stereocenters. The van der Waals surface area contributed by atoms with Crippen molar-refractivity contribution in [3.05, 3.63) is 4.91 Å². The molecule has 0 aromatic carbocycles. The minimum atomic E-state index is -1.27. The van der Waals surface area contributed by atoms with E-state index in [1.54, 1.807) is 0 Å². The zero-order valence-electron chi connectivity index (χ0n) is 8.08. The van der Waals surface area contributed by atoms with Crippen LogP contribution in [0.15, 0.2) is 5.18 Å². The van der Waals surface area contributed by atoms with Gasteiger partial charge in [0, 0.05) is 6.42 Å². The number of nitroso groups, excluding NO2 is 1. The second kappa shape index (κ2) is 6.46. The minimum Gasteiger partial charge on any atom is -0.297 e. The molecule has 0 bridgehead atoms. The smallest absolute Gasteiger partial charge is 0.207 e. The fourth-order valence-corrected chi connectivity index (χ4v) is 1.05. The van der Waals surface area contributed by atoms with Gasteiger partial charge >= 0.3 is 0 Å². The first-order chi connectivity index (χ1) is 6.13. The Morgan fingerprint density at radius 2 is 1.92 bits per heavy atom. The molecule has 0 aliphatic heterocycles. The van der Waals surface area contributed by atoms with Crippen LogP contribution in [0.1, 0.15) is 39.5 Å². The van der Waals surface area contributed by atoms with Crippen LogP contribution in [-0.2, 0) is 9.59 Å². The lowest BCUT2D eigenvalue weighted by molar-refractivity contribution is -0.127. The van der Waals surface area contributed by atoms with Gasteiger partial charge in [-0.15, -0.1) is 4.91 Å². The van der Waals surface area contributed by atoms with Gasteiger partial charge in [0.2, 0.25) is 6.04 Å². The molecule has 1 atom stereocenters. The van der Waals surface area contributed by atoms with Crippen molar-refractivity contribution in [2.75, 3.05) is 0 Å². The highest BCUT2D eigenvalue weighted by molar-refractivity contribution is 6.05. The Hall–Kier alpha value is -1.06. The van der Waals surface area contributed by atoms with Gasteiger partial charge in [-0.3, -0.25) is 9.59 Å². The maximum Gasteiger partial charge on any atom is 0.207 e. The molecular weight excluding hydrogens is 170 g/mol. The van der Waals surface area contributed by atoms with Crippen LogP contribution in [0, 0.1) is 4.91 Å². The molecule has 0 amide bonds. The lowest BCUT2D eigenvalue weighted by atomic mass is 10.0. The summed E-state index contributed by atoms with van der Waals surface area (Å²) in [5, 5.41) is 2.52. The summed E-state index contributed by atoms with van der Waals surface area (Å²) in [6.07, 6.45) is 2.96. The summed E-state index contributed by atoms with van der Waals surface area (Å²) < 4.78 is 0. The third-order valence-electron chi connectivity index (χ3n) is 1.82. The largest absolute Gasteiger partial charge is 0.297 e. The van der Waals surface area contributed by atoms with Gasteiger partial charge in [-0.2, -0.15) is 0 Å². The summed E-state index contributed by atoms with van der Waals surface area (Å²) in [7, 11) is 0. The zero-order chi connectivity index (χ0) is 10.3. The molecule has 0 N–H and O–H groups in total. The van der Waals surface area contributed by atoms with Gasteiger partial charge in [-0.25, -0.2) is 0 Å². The van der Waals surface area contributed by atoms with Crippen molar-refractivity contribution in [2.24, 2.45) is 5.18 Å². The van der Waals surface area contributed by atoms with E-state index in [4.69, 9.17) is 0 Å². The van der Waals surface area contributed by atoms with Gasteiger partial charge in [-0.1, -0.05) is 24.9 Å². The highest BCUT2D eigenvalue weighted by atomic mass is 16.3. The van der Waals surface area contributed by atoms with E-state index in [-0.39, 0.29) is 12.2 Å². The van der Waals surface area contributed by atoms with Crippen molar-refractivity contribution in [3.63, 3.8) is 0 Å². The highest BCUT2D eigenvalue weighted by Gasteiger charge is 2.22. The molecular formula is C9H15NO3. The highest BCUT2D eigenvalue weighted by Crippen LogP contribution is 2.05. The molecule has 4 nitrogen and oxygen atoms in total. The first-order valence-corrected chi connectivity index (χ1v) is 4.49. The molecule has 0 aromatic rings. The summed E-state index contributed by atoms with van der Waals surface area (Å²) in [6.45, 7) is 3.23. The Labute approximate surface area is 77.7 Å². The Balaban J connectivity index is 3.92. The van der Waals surface area contributed by atoms with E-state index >= 15 is 0 Å². The quantitative estimate of drug-likeness (QED) is 0.345. The van der Waals surface area contributed by atoms with Crippen molar-refractivity contribution in [1.82, 2.24) is 0 Å². The number of unbranched alkanes of at least 4 members (excludes halogenated alkanes) is 2. The number of hydrogen-bond acceptors (Lipinski definition) is 4. The number of ketones is 2. The van der Waals surface area contributed by atoms with Crippen LogP contribution in [0.3, 0.4) is 0 Å². The molecule has 0 saturated carbocycles. The van der Waals surface area contributed by atoms with Gasteiger partial charge in [-0.05, 0) is 13.3 Å². The average Bonchev–Trinajstić information content (AvgIpc) is 2.05. The van der Waals surface area contributed by atoms with Crippen molar-refractivity contribution in [2.45, 2.75) is 45.6 Å². The van der Waals surface area contributed by atoms with E-state index in [1.165, 1.54) is 6.92 Å². The SMILES string of the molecule is CCCCCC(=O)C(N=O)C(C)=O. The van der Waals surface area contributed by atoms with Crippen molar-refractivity contribution in [3.8, 4) is 0 Å². The molecule has 0 fully saturated rings. The predicted octanol–water partition coefficient (Wildman–Crippen LogP) is 1.86. The molecule has 0 heterocycles. The van der Waals surface area contributed by atoms with Crippen LogP contribution in [-0.4, -0.2) is 17.6 Å². The molecule has 0 rings (SSSR count). The first kappa shape index (κ1) is 11.9. The summed E-state index contributed by atoms with van der Waals surface area (Å²) in [5.74, 6) is -0.813. The summed E-state index contributed by atoms with van der Waals surface area (Å²) in [6, 6.07) is -1.27. The van der Waals surface area contributed by atoms with E-state index in [0.29, 0.717) is 0 Å². The van der Waals surface area contributed by atoms with Gasteiger partial charge < -0.3 is 0 Å². The molecule has 4 heteroatoms. The number of nitrogens with zero attached hydrogens (tertiary/aromatic N) is 1. The van der Waals surface area contributed by atoms with Crippen LogP contribution in [0.25, 0.3) is 0 Å². The van der Waals surface area contributed by atoms with E-state index in [1.807, 2.05) is 6.92 Å². The van der Waals surface area contributed by atoms with Crippen LogP contribution < -0.4 is 0 Å². The van der Waals surface area contributed by atoms with Gasteiger partial charge in [0.25, 0.3) is 0 Å². The fraction of sp³-hybridized carbons (Fsp3) is 0.778. The summed E-state index contributed by atoms with van der Waals surface area (Å²) in [5.41, 5.74) is 0. The Morgan fingerprint density at radius 3 is 2.31 bits per heavy atom. The summed E-state index contributed by atoms with van der Waals surface area (Å²) >= 11 is 0. The van der Waals surface area contributed by atoms with E-state index in [9.17, 15) is 14.5 Å². The normalized spacial score (nSPS) is 12.2. The number of carbonyl (C=O) groups excluding carboxylic acids is 2. The van der Waals surface area contributed by atoms with E-state index < -0.39 is 11.8 Å². The maximum atomic E-state index is 11.2. The van der Waals surface area contributed by atoms with Crippen LogP contribution in [0.2, 0.25) is 0 Å². The topological polar surface area (TPSA) is 63.6 Å². The number of Topliss-reactive ketones (excluding diaryl/α,β-unsaturated/α-hetero) is 2. The van der Waals surface area contributed by atoms with Crippen molar-refractivity contribution >= 4 is 11.6 Å². The molecule has 74 valence electrons. The van der Waals surface area contributed by atoms with E-state index in [0.717, 1.165) is 19.3 Å². The number of rotatable bonds is 7. The Bertz CT molecular complexity index is 201. The van der Waals surface area contributed by atoms with Gasteiger partial charge in [0.15, 0.2) is 11.6 Å². The standard InChI is InChI=1S/C9H15NO3/c1-3-4-5-6-8(12)9(10-13)7(2)11/h9H,3-6H2,1-2H3. The average molecular weight is 185 g/mol. The minimum absolute atomic E-state index is 0.282. The maximum absolute atomic E-state index is 11.2. The second-order valence-electron chi connectivity index (χ2n) is 3.04. The lowest BCUT2D eigenvalue weighted by Crippen LogP contribution is -2.25. The molecule has 0 aromatic heterocycles. The fourth-order valence-electron chi connectivity index (χ4n) is 1.05. The predicted molar refractivity (Wildman–Crippen MR) is 49.4 cm³/mol. The van der Waals surface area contributed by atoms with Gasteiger partial charge in [0.05, 0.1) is 0 Å². The monoisotopic (exact) mass is 185 g/mol. The molecule has 0 radical (unpaired) electrons. The second-order valence-corrected chi connectivity index (χ2v) is 3.04. The third kappa shape index (κ3) is 4.50. The molecule has 0 spiro atoms. The van der Waals surface area contributed by atoms with Crippen LogP contribution in [0.4, 0.5) is 0 Å². The Kier molecular flexibility index (Phi) is 5.93. The van der Waals surface area contributed by atoms with Crippen molar-refractivity contribution in [1.29, 1.82) is 0 Å². The molecule has 0 saturated heterocycles. The lowest BCUT2D eigenvalue weighted by Gasteiger charge is -2.02. The molecule has 13 heavy (non-hydrogen) atoms. The van der Waals surface area contributed by atoms with Crippen LogP contribution >= 0.6 is 0 Å². The van der Waals surface area contributed by atoms with E-state index in [2.05, 4.69) is 5.18 Å².